The molecule has 0 saturated heterocycles. The van der Waals surface area contributed by atoms with E-state index < -0.39 is 0 Å². The van der Waals surface area contributed by atoms with Gasteiger partial charge in [0.1, 0.15) is 0 Å². The van der Waals surface area contributed by atoms with Crippen molar-refractivity contribution >= 4 is 0 Å². The molecule has 3 nitrogen and oxygen atoms in total. The van der Waals surface area contributed by atoms with Gasteiger partial charge in [-0.1, -0.05) is 38.1 Å². The highest BCUT2D eigenvalue weighted by Crippen LogP contribution is 2.21. The second-order valence-corrected chi connectivity index (χ2v) is 4.67. The zero-order valence-electron chi connectivity index (χ0n) is 11.9. The molecule has 2 aromatic rings. The molecule has 1 N–H and O–H groups in total. The summed E-state index contributed by atoms with van der Waals surface area (Å²) in [5, 5.41) is 3.48. The van der Waals surface area contributed by atoms with Crippen LogP contribution in [0.4, 0.5) is 0 Å². The second-order valence-electron chi connectivity index (χ2n) is 4.67. The molecular formula is C16H21N3. The third-order valence-corrected chi connectivity index (χ3v) is 3.20. The zero-order valence-corrected chi connectivity index (χ0v) is 11.9. The Bertz CT molecular complexity index is 520. The molecule has 1 aromatic heterocycles. The molecule has 0 fully saturated rings. The molecule has 1 heterocycles. The first-order chi connectivity index (χ1) is 9.24. The van der Waals surface area contributed by atoms with Crippen LogP contribution in [0.5, 0.6) is 0 Å². The van der Waals surface area contributed by atoms with Gasteiger partial charge in [-0.15, -0.1) is 0 Å². The van der Waals surface area contributed by atoms with E-state index in [1.807, 2.05) is 19.3 Å². The van der Waals surface area contributed by atoms with E-state index in [2.05, 4.69) is 53.4 Å². The Balaban J connectivity index is 2.35. The molecule has 0 aliphatic heterocycles. The van der Waals surface area contributed by atoms with Gasteiger partial charge in [0.05, 0.1) is 23.6 Å². The van der Waals surface area contributed by atoms with Crippen LogP contribution in [0.15, 0.2) is 36.7 Å². The minimum absolute atomic E-state index is 0.115. The van der Waals surface area contributed by atoms with Crippen molar-refractivity contribution in [2.45, 2.75) is 33.2 Å². The van der Waals surface area contributed by atoms with Crippen molar-refractivity contribution in [3.63, 3.8) is 0 Å². The number of benzene rings is 1. The highest BCUT2D eigenvalue weighted by Gasteiger charge is 2.14. The maximum atomic E-state index is 4.50. The fourth-order valence-corrected chi connectivity index (χ4v) is 2.14. The van der Waals surface area contributed by atoms with Crippen molar-refractivity contribution < 1.29 is 0 Å². The lowest BCUT2D eigenvalue weighted by Gasteiger charge is -2.18. The molecule has 0 saturated carbocycles. The molecule has 2 rings (SSSR count). The van der Waals surface area contributed by atoms with Gasteiger partial charge in [0.15, 0.2) is 0 Å². The van der Waals surface area contributed by atoms with Gasteiger partial charge in [0.25, 0.3) is 0 Å². The van der Waals surface area contributed by atoms with Crippen LogP contribution in [0.1, 0.15) is 42.4 Å². The topological polar surface area (TPSA) is 37.8 Å². The molecular weight excluding hydrogens is 234 g/mol. The normalized spacial score (nSPS) is 12.4. The van der Waals surface area contributed by atoms with Crippen molar-refractivity contribution in [2.24, 2.45) is 0 Å². The van der Waals surface area contributed by atoms with E-state index in [4.69, 9.17) is 0 Å². The highest BCUT2D eigenvalue weighted by atomic mass is 14.9. The summed E-state index contributed by atoms with van der Waals surface area (Å²) in [7, 11) is 0. The maximum Gasteiger partial charge on any atom is 0.0801 e. The molecule has 19 heavy (non-hydrogen) atoms. The Morgan fingerprint density at radius 3 is 2.63 bits per heavy atom. The third kappa shape index (κ3) is 3.38. The summed E-state index contributed by atoms with van der Waals surface area (Å²) in [6, 6.07) is 8.78. The van der Waals surface area contributed by atoms with Crippen molar-refractivity contribution in [2.75, 3.05) is 6.54 Å². The summed E-state index contributed by atoms with van der Waals surface area (Å²) in [5.41, 5.74) is 4.52. The zero-order chi connectivity index (χ0) is 13.7. The lowest BCUT2D eigenvalue weighted by Crippen LogP contribution is -2.23. The first kappa shape index (κ1) is 13.7. The fraction of sp³-hybridized carbons (Fsp3) is 0.375. The summed E-state index contributed by atoms with van der Waals surface area (Å²) in [6.07, 6.45) is 4.73. The number of nitrogens with one attached hydrogen (secondary N) is 1. The van der Waals surface area contributed by atoms with Gasteiger partial charge in [-0.2, -0.15) is 0 Å². The molecule has 3 heteroatoms. The first-order valence-corrected chi connectivity index (χ1v) is 6.85. The number of nitrogens with zero attached hydrogens (tertiary/aromatic N) is 2. The SMILES string of the molecule is CCNC(c1cccc(CC)c1)c1cnc(C)cn1. The van der Waals surface area contributed by atoms with E-state index in [1.165, 1.54) is 11.1 Å². The highest BCUT2D eigenvalue weighted by molar-refractivity contribution is 5.31. The summed E-state index contributed by atoms with van der Waals surface area (Å²) < 4.78 is 0. The van der Waals surface area contributed by atoms with Gasteiger partial charge in [0.2, 0.25) is 0 Å². The molecule has 0 amide bonds. The summed E-state index contributed by atoms with van der Waals surface area (Å²) in [5.74, 6) is 0. The Hall–Kier alpha value is -1.74. The van der Waals surface area contributed by atoms with Crippen LogP contribution in [0.2, 0.25) is 0 Å². The van der Waals surface area contributed by atoms with Gasteiger partial charge in [0, 0.05) is 6.20 Å². The molecule has 0 radical (unpaired) electrons. The lowest BCUT2D eigenvalue weighted by molar-refractivity contribution is 0.611. The van der Waals surface area contributed by atoms with E-state index in [9.17, 15) is 0 Å². The number of aromatic nitrogens is 2. The molecule has 1 atom stereocenters. The van der Waals surface area contributed by atoms with Crippen LogP contribution >= 0.6 is 0 Å². The number of hydrogen-bond donors (Lipinski definition) is 1. The van der Waals surface area contributed by atoms with Gasteiger partial charge >= 0.3 is 0 Å². The Morgan fingerprint density at radius 2 is 2.00 bits per heavy atom. The van der Waals surface area contributed by atoms with Gasteiger partial charge < -0.3 is 5.32 Å². The van der Waals surface area contributed by atoms with Crippen molar-refractivity contribution in [3.8, 4) is 0 Å². The minimum atomic E-state index is 0.115. The molecule has 0 aliphatic rings. The summed E-state index contributed by atoms with van der Waals surface area (Å²) in [6.45, 7) is 7.14. The molecule has 1 unspecified atom stereocenters. The van der Waals surface area contributed by atoms with Gasteiger partial charge in [-0.3, -0.25) is 9.97 Å². The van der Waals surface area contributed by atoms with Crippen LogP contribution in [-0.2, 0) is 6.42 Å². The van der Waals surface area contributed by atoms with E-state index in [1.54, 1.807) is 0 Å². The molecule has 0 aliphatic carbocycles. The molecule has 1 aromatic carbocycles. The van der Waals surface area contributed by atoms with Crippen LogP contribution in [0, 0.1) is 6.92 Å². The molecule has 100 valence electrons. The third-order valence-electron chi connectivity index (χ3n) is 3.20. The van der Waals surface area contributed by atoms with E-state index in [-0.39, 0.29) is 6.04 Å². The Kier molecular flexibility index (Phi) is 4.63. The van der Waals surface area contributed by atoms with Gasteiger partial charge in [-0.25, -0.2) is 0 Å². The second kappa shape index (κ2) is 6.43. The molecule has 0 spiro atoms. The van der Waals surface area contributed by atoms with Crippen LogP contribution < -0.4 is 5.32 Å². The number of hydrogen-bond acceptors (Lipinski definition) is 3. The van der Waals surface area contributed by atoms with Crippen LogP contribution in [0.25, 0.3) is 0 Å². The average Bonchev–Trinajstić information content (AvgIpc) is 2.46. The summed E-state index contributed by atoms with van der Waals surface area (Å²) in [4.78, 5) is 8.85. The van der Waals surface area contributed by atoms with Crippen molar-refractivity contribution in [1.29, 1.82) is 0 Å². The maximum absolute atomic E-state index is 4.50. The van der Waals surface area contributed by atoms with E-state index in [0.717, 1.165) is 24.4 Å². The number of aryl methyl sites for hydroxylation is 2. The van der Waals surface area contributed by atoms with Gasteiger partial charge in [-0.05, 0) is 31.0 Å². The summed E-state index contributed by atoms with van der Waals surface area (Å²) >= 11 is 0. The Morgan fingerprint density at radius 1 is 1.16 bits per heavy atom. The average molecular weight is 255 g/mol. The van der Waals surface area contributed by atoms with E-state index in [0.29, 0.717) is 0 Å². The van der Waals surface area contributed by atoms with Crippen LogP contribution in [-0.4, -0.2) is 16.5 Å². The first-order valence-electron chi connectivity index (χ1n) is 6.85. The Labute approximate surface area is 115 Å². The van der Waals surface area contributed by atoms with Crippen molar-refractivity contribution in [1.82, 2.24) is 15.3 Å². The standard InChI is InChI=1S/C16H21N3/c1-4-13-7-6-8-14(9-13)16(17-5-2)15-11-18-12(3)10-19-15/h6-11,16-17H,4-5H2,1-3H3. The lowest BCUT2D eigenvalue weighted by atomic mass is 10.0. The minimum Gasteiger partial charge on any atom is -0.305 e. The van der Waals surface area contributed by atoms with Crippen LogP contribution in [0.3, 0.4) is 0 Å². The smallest absolute Gasteiger partial charge is 0.0801 e. The predicted molar refractivity (Wildman–Crippen MR) is 78.1 cm³/mol. The number of rotatable bonds is 5. The fourth-order valence-electron chi connectivity index (χ4n) is 2.14. The molecule has 0 bridgehead atoms. The quantitative estimate of drug-likeness (QED) is 0.892. The predicted octanol–water partition coefficient (Wildman–Crippen LogP) is 3.05. The van der Waals surface area contributed by atoms with E-state index >= 15 is 0 Å². The monoisotopic (exact) mass is 255 g/mol. The largest absolute Gasteiger partial charge is 0.305 e. The van der Waals surface area contributed by atoms with Crippen molar-refractivity contribution in [3.05, 3.63) is 59.2 Å².